The number of rotatable bonds is 4. The van der Waals surface area contributed by atoms with Crippen molar-refractivity contribution >= 4 is 0 Å². The van der Waals surface area contributed by atoms with Crippen molar-refractivity contribution in [1.82, 2.24) is 9.97 Å². The number of nitrogens with zero attached hydrogens (tertiary/aromatic N) is 2. The van der Waals surface area contributed by atoms with Crippen LogP contribution in [0.3, 0.4) is 0 Å². The lowest BCUT2D eigenvalue weighted by atomic mass is 10.0. The van der Waals surface area contributed by atoms with Crippen LogP contribution in [0.15, 0.2) is 24.4 Å². The fraction of sp³-hybridized carbons (Fsp3) is 0.333. The van der Waals surface area contributed by atoms with Gasteiger partial charge in [0.25, 0.3) is 0 Å². The third-order valence-corrected chi connectivity index (χ3v) is 2.99. The van der Waals surface area contributed by atoms with Crippen LogP contribution in [0.1, 0.15) is 17.0 Å². The quantitative estimate of drug-likeness (QED) is 0.912. The molecule has 0 aliphatic carbocycles. The van der Waals surface area contributed by atoms with Crippen molar-refractivity contribution in [1.29, 1.82) is 0 Å². The van der Waals surface area contributed by atoms with Crippen molar-refractivity contribution in [2.24, 2.45) is 5.73 Å². The number of hydrogen-bond donors (Lipinski definition) is 1. The Morgan fingerprint density at radius 3 is 2.74 bits per heavy atom. The van der Waals surface area contributed by atoms with Crippen molar-refractivity contribution in [3.63, 3.8) is 0 Å². The van der Waals surface area contributed by atoms with Gasteiger partial charge in [-0.2, -0.15) is 0 Å². The minimum Gasteiger partial charge on any atom is -0.496 e. The Bertz CT molecular complexity index is 582. The fourth-order valence-corrected chi connectivity index (χ4v) is 2.21. The van der Waals surface area contributed by atoms with Crippen LogP contribution in [0.2, 0.25) is 0 Å². The summed E-state index contributed by atoms with van der Waals surface area (Å²) in [6.45, 7) is 4.67. The van der Waals surface area contributed by atoms with Crippen molar-refractivity contribution < 1.29 is 4.74 Å². The maximum Gasteiger partial charge on any atom is 0.130 e. The molecule has 0 radical (unpaired) electrons. The summed E-state index contributed by atoms with van der Waals surface area (Å²) < 4.78 is 5.48. The molecule has 2 rings (SSSR count). The summed E-state index contributed by atoms with van der Waals surface area (Å²) in [4.78, 5) is 8.79. The number of aryl methyl sites for hydroxylation is 2. The molecule has 0 unspecified atom stereocenters. The van der Waals surface area contributed by atoms with Crippen LogP contribution in [-0.2, 0) is 6.42 Å². The van der Waals surface area contributed by atoms with Gasteiger partial charge in [-0.3, -0.25) is 0 Å². The molecule has 4 nitrogen and oxygen atoms in total. The van der Waals surface area contributed by atoms with Gasteiger partial charge >= 0.3 is 0 Å². The first-order chi connectivity index (χ1) is 9.15. The van der Waals surface area contributed by atoms with E-state index < -0.39 is 0 Å². The molecule has 0 spiro atoms. The van der Waals surface area contributed by atoms with Gasteiger partial charge in [-0.1, -0.05) is 6.07 Å². The monoisotopic (exact) mass is 257 g/mol. The average Bonchev–Trinajstić information content (AvgIpc) is 2.38. The topological polar surface area (TPSA) is 61.0 Å². The van der Waals surface area contributed by atoms with Crippen LogP contribution in [0.5, 0.6) is 5.75 Å². The van der Waals surface area contributed by atoms with Gasteiger partial charge in [0.05, 0.1) is 12.8 Å². The molecule has 0 aliphatic rings. The SMILES string of the molecule is COc1cc(C)cc(C)c1-c1ccnc(CCN)n1. The van der Waals surface area contributed by atoms with E-state index in [9.17, 15) is 0 Å². The summed E-state index contributed by atoms with van der Waals surface area (Å²) in [5, 5.41) is 0. The number of methoxy groups -OCH3 is 1. The zero-order valence-electron chi connectivity index (χ0n) is 11.6. The van der Waals surface area contributed by atoms with Crippen molar-refractivity contribution in [3.8, 4) is 17.0 Å². The lowest BCUT2D eigenvalue weighted by molar-refractivity contribution is 0.415. The van der Waals surface area contributed by atoms with Crippen LogP contribution in [-0.4, -0.2) is 23.6 Å². The van der Waals surface area contributed by atoms with E-state index in [2.05, 4.69) is 29.9 Å². The summed E-state index contributed by atoms with van der Waals surface area (Å²) in [6, 6.07) is 6.05. The summed E-state index contributed by atoms with van der Waals surface area (Å²) >= 11 is 0. The van der Waals surface area contributed by atoms with Gasteiger partial charge in [-0.15, -0.1) is 0 Å². The smallest absolute Gasteiger partial charge is 0.130 e. The summed E-state index contributed by atoms with van der Waals surface area (Å²) in [5.74, 6) is 1.61. The number of nitrogens with two attached hydrogens (primary N) is 1. The summed E-state index contributed by atoms with van der Waals surface area (Å²) in [5.41, 5.74) is 9.78. The lowest BCUT2D eigenvalue weighted by Crippen LogP contribution is -2.07. The molecule has 1 heterocycles. The molecule has 100 valence electrons. The van der Waals surface area contributed by atoms with Crippen molar-refractivity contribution in [2.45, 2.75) is 20.3 Å². The molecule has 0 aliphatic heterocycles. The Hall–Kier alpha value is -1.94. The first kappa shape index (κ1) is 13.5. The molecule has 4 heteroatoms. The second kappa shape index (κ2) is 5.80. The van der Waals surface area contributed by atoms with E-state index in [-0.39, 0.29) is 0 Å². The molecule has 0 saturated carbocycles. The molecule has 0 bridgehead atoms. The Morgan fingerprint density at radius 1 is 1.26 bits per heavy atom. The Labute approximate surface area is 113 Å². The molecular weight excluding hydrogens is 238 g/mol. The number of ether oxygens (including phenoxy) is 1. The van der Waals surface area contributed by atoms with Gasteiger partial charge in [0, 0.05) is 18.2 Å². The van der Waals surface area contributed by atoms with E-state index >= 15 is 0 Å². The molecule has 2 N–H and O–H groups in total. The molecular formula is C15H19N3O. The molecule has 1 aromatic heterocycles. The van der Waals surface area contributed by atoms with Crippen LogP contribution in [0.4, 0.5) is 0 Å². The van der Waals surface area contributed by atoms with Gasteiger partial charge < -0.3 is 10.5 Å². The molecule has 0 amide bonds. The van der Waals surface area contributed by atoms with Crippen molar-refractivity contribution in [3.05, 3.63) is 41.3 Å². The highest BCUT2D eigenvalue weighted by Crippen LogP contribution is 2.32. The standard InChI is InChI=1S/C15H19N3O/c1-10-8-11(2)15(13(9-10)19-3)12-5-7-17-14(18-12)4-6-16/h5,7-9H,4,6,16H2,1-3H3. The molecule has 1 aromatic carbocycles. The minimum absolute atomic E-state index is 0.549. The lowest BCUT2D eigenvalue weighted by Gasteiger charge is -2.13. The molecule has 2 aromatic rings. The summed E-state index contributed by atoms with van der Waals surface area (Å²) in [7, 11) is 1.68. The van der Waals surface area contributed by atoms with E-state index in [0.717, 1.165) is 28.4 Å². The Kier molecular flexibility index (Phi) is 4.12. The number of hydrogen-bond acceptors (Lipinski definition) is 4. The Morgan fingerprint density at radius 2 is 2.05 bits per heavy atom. The van der Waals surface area contributed by atoms with Crippen molar-refractivity contribution in [2.75, 3.05) is 13.7 Å². The Balaban J connectivity index is 2.54. The molecule has 0 saturated heterocycles. The highest BCUT2D eigenvalue weighted by molar-refractivity contribution is 5.71. The number of benzene rings is 1. The van der Waals surface area contributed by atoms with E-state index in [0.29, 0.717) is 13.0 Å². The normalized spacial score (nSPS) is 10.5. The van der Waals surface area contributed by atoms with Gasteiger partial charge in [0.2, 0.25) is 0 Å². The fourth-order valence-electron chi connectivity index (χ4n) is 2.21. The van der Waals surface area contributed by atoms with Crippen LogP contribution < -0.4 is 10.5 Å². The second-order valence-electron chi connectivity index (χ2n) is 4.56. The summed E-state index contributed by atoms with van der Waals surface area (Å²) in [6.07, 6.45) is 2.45. The second-order valence-corrected chi connectivity index (χ2v) is 4.56. The zero-order chi connectivity index (χ0) is 13.8. The van der Waals surface area contributed by atoms with Gasteiger partial charge in [-0.05, 0) is 43.7 Å². The van der Waals surface area contributed by atoms with Gasteiger partial charge in [0.1, 0.15) is 11.6 Å². The highest BCUT2D eigenvalue weighted by atomic mass is 16.5. The molecule has 0 fully saturated rings. The first-order valence-electron chi connectivity index (χ1n) is 6.33. The molecule has 0 atom stereocenters. The maximum absolute atomic E-state index is 5.55. The van der Waals surface area contributed by atoms with Crippen LogP contribution in [0, 0.1) is 13.8 Å². The third kappa shape index (κ3) is 2.90. The van der Waals surface area contributed by atoms with Crippen LogP contribution >= 0.6 is 0 Å². The third-order valence-electron chi connectivity index (χ3n) is 2.99. The average molecular weight is 257 g/mol. The van der Waals surface area contributed by atoms with Crippen LogP contribution in [0.25, 0.3) is 11.3 Å². The van der Waals surface area contributed by atoms with E-state index in [4.69, 9.17) is 10.5 Å². The van der Waals surface area contributed by atoms with Gasteiger partial charge in [0.15, 0.2) is 0 Å². The van der Waals surface area contributed by atoms with E-state index in [1.807, 2.05) is 12.1 Å². The highest BCUT2D eigenvalue weighted by Gasteiger charge is 2.12. The number of aromatic nitrogens is 2. The predicted octanol–water partition coefficient (Wildman–Crippen LogP) is 2.27. The van der Waals surface area contributed by atoms with E-state index in [1.54, 1.807) is 13.3 Å². The first-order valence-corrected chi connectivity index (χ1v) is 6.33. The van der Waals surface area contributed by atoms with E-state index in [1.165, 1.54) is 5.56 Å². The predicted molar refractivity (Wildman–Crippen MR) is 76.3 cm³/mol. The zero-order valence-corrected chi connectivity index (χ0v) is 11.6. The minimum atomic E-state index is 0.549. The molecule has 19 heavy (non-hydrogen) atoms. The maximum atomic E-state index is 5.55. The largest absolute Gasteiger partial charge is 0.496 e. The van der Waals surface area contributed by atoms with Gasteiger partial charge in [-0.25, -0.2) is 9.97 Å².